The summed E-state index contributed by atoms with van der Waals surface area (Å²) in [5.41, 5.74) is 2.32. The summed E-state index contributed by atoms with van der Waals surface area (Å²) in [7, 11) is 0. The first-order valence-corrected chi connectivity index (χ1v) is 10.5. The summed E-state index contributed by atoms with van der Waals surface area (Å²) in [4.78, 5) is 11.8. The topological polar surface area (TPSA) is 60.4 Å². The maximum atomic E-state index is 4.68. The van der Waals surface area contributed by atoms with Gasteiger partial charge in [-0.3, -0.25) is 0 Å². The molecule has 1 aromatic carbocycles. The van der Waals surface area contributed by atoms with Gasteiger partial charge in [0.2, 0.25) is 5.95 Å². The number of piperidine rings is 1. The second-order valence-corrected chi connectivity index (χ2v) is 7.90. The molecule has 0 unspecified atom stereocenters. The standard InChI is InChI=1S/C21H31N7/c1-3-26-12-14-28(15-13-26)21-24-20(16-22-25-21)23-18-4-6-19(7-5-18)27-10-8-17(2)9-11-27/h4-7,16-17H,3,8-15H2,1-2H3,(H,23,24,25). The van der Waals surface area contributed by atoms with Gasteiger partial charge >= 0.3 is 0 Å². The molecule has 0 saturated carbocycles. The van der Waals surface area contributed by atoms with Crippen LogP contribution in [0.1, 0.15) is 26.7 Å². The van der Waals surface area contributed by atoms with E-state index in [9.17, 15) is 0 Å². The van der Waals surface area contributed by atoms with Crippen LogP contribution in [0.3, 0.4) is 0 Å². The summed E-state index contributed by atoms with van der Waals surface area (Å²) < 4.78 is 0. The van der Waals surface area contributed by atoms with Crippen LogP contribution < -0.4 is 15.1 Å². The average Bonchev–Trinajstić information content (AvgIpc) is 2.75. The molecular weight excluding hydrogens is 350 g/mol. The summed E-state index contributed by atoms with van der Waals surface area (Å²) in [5, 5.41) is 11.8. The van der Waals surface area contributed by atoms with Crippen LogP contribution >= 0.6 is 0 Å². The smallest absolute Gasteiger partial charge is 0.247 e. The molecule has 7 nitrogen and oxygen atoms in total. The van der Waals surface area contributed by atoms with E-state index in [1.807, 2.05) is 0 Å². The Hall–Kier alpha value is -2.41. The van der Waals surface area contributed by atoms with Gasteiger partial charge in [-0.1, -0.05) is 13.8 Å². The third-order valence-corrected chi connectivity index (χ3v) is 5.94. The van der Waals surface area contributed by atoms with Gasteiger partial charge in [0.1, 0.15) is 0 Å². The lowest BCUT2D eigenvalue weighted by molar-refractivity contribution is 0.269. The fraction of sp³-hybridized carbons (Fsp3) is 0.571. The van der Waals surface area contributed by atoms with Crippen LogP contribution in [0.4, 0.5) is 23.1 Å². The fourth-order valence-electron chi connectivity index (χ4n) is 3.92. The Morgan fingerprint density at radius 3 is 2.36 bits per heavy atom. The van der Waals surface area contributed by atoms with Gasteiger partial charge in [-0.25, -0.2) is 0 Å². The molecule has 4 rings (SSSR count). The molecule has 7 heteroatoms. The third-order valence-electron chi connectivity index (χ3n) is 5.94. The monoisotopic (exact) mass is 381 g/mol. The molecule has 28 heavy (non-hydrogen) atoms. The number of hydrogen-bond acceptors (Lipinski definition) is 7. The van der Waals surface area contributed by atoms with Crippen molar-refractivity contribution < 1.29 is 0 Å². The summed E-state index contributed by atoms with van der Waals surface area (Å²) in [6, 6.07) is 8.62. The third kappa shape index (κ3) is 4.52. The van der Waals surface area contributed by atoms with E-state index in [0.29, 0.717) is 5.95 Å². The van der Waals surface area contributed by atoms with E-state index in [1.165, 1.54) is 18.5 Å². The number of benzene rings is 1. The van der Waals surface area contributed by atoms with Crippen LogP contribution in [-0.2, 0) is 0 Å². The molecule has 0 amide bonds. The minimum atomic E-state index is 0.708. The Morgan fingerprint density at radius 2 is 1.68 bits per heavy atom. The average molecular weight is 382 g/mol. The van der Waals surface area contributed by atoms with Gasteiger partial charge in [0.25, 0.3) is 0 Å². The van der Waals surface area contributed by atoms with Crippen molar-refractivity contribution in [3.8, 4) is 0 Å². The summed E-state index contributed by atoms with van der Waals surface area (Å²) in [5.74, 6) is 2.30. The molecule has 2 aliphatic heterocycles. The number of nitrogens with one attached hydrogen (secondary N) is 1. The molecule has 1 aromatic heterocycles. The highest BCUT2D eigenvalue weighted by atomic mass is 15.4. The van der Waals surface area contributed by atoms with Crippen molar-refractivity contribution in [2.75, 3.05) is 60.9 Å². The van der Waals surface area contributed by atoms with E-state index in [0.717, 1.165) is 63.2 Å². The fourth-order valence-corrected chi connectivity index (χ4v) is 3.92. The summed E-state index contributed by atoms with van der Waals surface area (Å²) in [6.45, 7) is 11.9. The minimum Gasteiger partial charge on any atom is -0.372 e. The number of anilines is 4. The molecule has 0 bridgehead atoms. The number of likely N-dealkylation sites (N-methyl/N-ethyl adjacent to an activating group) is 1. The highest BCUT2D eigenvalue weighted by Gasteiger charge is 2.19. The van der Waals surface area contributed by atoms with Gasteiger partial charge < -0.3 is 20.0 Å². The van der Waals surface area contributed by atoms with Crippen LogP contribution in [0.5, 0.6) is 0 Å². The molecule has 2 aromatic rings. The molecule has 2 aliphatic rings. The first kappa shape index (κ1) is 18.9. The van der Waals surface area contributed by atoms with Crippen molar-refractivity contribution in [2.45, 2.75) is 26.7 Å². The predicted octanol–water partition coefficient (Wildman–Crippen LogP) is 2.99. The Labute approximate surface area is 167 Å². The minimum absolute atomic E-state index is 0.708. The molecule has 0 aliphatic carbocycles. The molecule has 150 valence electrons. The second kappa shape index (κ2) is 8.73. The van der Waals surface area contributed by atoms with Gasteiger partial charge in [0, 0.05) is 50.6 Å². The highest BCUT2D eigenvalue weighted by molar-refractivity contribution is 5.61. The van der Waals surface area contributed by atoms with Crippen LogP contribution in [0.25, 0.3) is 0 Å². The number of piperazine rings is 1. The van der Waals surface area contributed by atoms with Gasteiger partial charge in [0.15, 0.2) is 5.82 Å². The second-order valence-electron chi connectivity index (χ2n) is 7.90. The van der Waals surface area contributed by atoms with E-state index < -0.39 is 0 Å². The van der Waals surface area contributed by atoms with Crippen LogP contribution in [-0.4, -0.2) is 65.9 Å². The number of rotatable bonds is 5. The zero-order valence-corrected chi connectivity index (χ0v) is 17.0. The Balaban J connectivity index is 1.38. The highest BCUT2D eigenvalue weighted by Crippen LogP contribution is 2.25. The zero-order valence-electron chi connectivity index (χ0n) is 17.0. The Morgan fingerprint density at radius 1 is 0.964 bits per heavy atom. The maximum Gasteiger partial charge on any atom is 0.247 e. The Kier molecular flexibility index (Phi) is 5.90. The largest absolute Gasteiger partial charge is 0.372 e. The van der Waals surface area contributed by atoms with Crippen LogP contribution in [0.2, 0.25) is 0 Å². The van der Waals surface area contributed by atoms with Crippen molar-refractivity contribution in [3.05, 3.63) is 30.5 Å². The molecule has 2 saturated heterocycles. The molecule has 0 atom stereocenters. The van der Waals surface area contributed by atoms with Crippen LogP contribution in [0, 0.1) is 5.92 Å². The molecule has 3 heterocycles. The van der Waals surface area contributed by atoms with E-state index >= 15 is 0 Å². The molecule has 2 fully saturated rings. The van der Waals surface area contributed by atoms with Crippen LogP contribution in [0.15, 0.2) is 30.5 Å². The van der Waals surface area contributed by atoms with Crippen molar-refractivity contribution >= 4 is 23.1 Å². The maximum absolute atomic E-state index is 4.68. The van der Waals surface area contributed by atoms with Gasteiger partial charge in [-0.05, 0) is 49.6 Å². The number of hydrogen-bond donors (Lipinski definition) is 1. The SMILES string of the molecule is CCN1CCN(c2nncc(Nc3ccc(N4CCC(C)CC4)cc3)n2)CC1. The molecular formula is C21H31N7. The summed E-state index contributed by atoms with van der Waals surface area (Å²) >= 11 is 0. The normalized spacial score (nSPS) is 19.1. The molecule has 1 N–H and O–H groups in total. The van der Waals surface area contributed by atoms with Crippen molar-refractivity contribution in [2.24, 2.45) is 5.92 Å². The van der Waals surface area contributed by atoms with E-state index in [-0.39, 0.29) is 0 Å². The lowest BCUT2D eigenvalue weighted by atomic mass is 9.99. The number of aromatic nitrogens is 3. The van der Waals surface area contributed by atoms with Crippen molar-refractivity contribution in [1.29, 1.82) is 0 Å². The number of nitrogens with zero attached hydrogens (tertiary/aromatic N) is 6. The van der Waals surface area contributed by atoms with E-state index in [2.05, 4.69) is 73.3 Å². The predicted molar refractivity (Wildman–Crippen MR) is 114 cm³/mol. The Bertz CT molecular complexity index is 748. The lowest BCUT2D eigenvalue weighted by Crippen LogP contribution is -2.46. The quantitative estimate of drug-likeness (QED) is 0.854. The van der Waals surface area contributed by atoms with Crippen molar-refractivity contribution in [3.63, 3.8) is 0 Å². The first-order chi connectivity index (χ1) is 13.7. The first-order valence-electron chi connectivity index (χ1n) is 10.5. The molecule has 0 radical (unpaired) electrons. The van der Waals surface area contributed by atoms with Crippen molar-refractivity contribution in [1.82, 2.24) is 20.1 Å². The summed E-state index contributed by atoms with van der Waals surface area (Å²) in [6.07, 6.45) is 4.25. The molecule has 0 spiro atoms. The van der Waals surface area contributed by atoms with E-state index in [1.54, 1.807) is 6.20 Å². The van der Waals surface area contributed by atoms with E-state index in [4.69, 9.17) is 0 Å². The van der Waals surface area contributed by atoms with Gasteiger partial charge in [0.05, 0.1) is 6.20 Å². The lowest BCUT2D eigenvalue weighted by Gasteiger charge is -2.33. The van der Waals surface area contributed by atoms with Gasteiger partial charge in [-0.2, -0.15) is 10.1 Å². The zero-order chi connectivity index (χ0) is 19.3. The van der Waals surface area contributed by atoms with Gasteiger partial charge in [-0.15, -0.1) is 5.10 Å².